The number of nitriles is 2. The molecule has 306 valence electrons. The van der Waals surface area contributed by atoms with E-state index in [1.54, 1.807) is 22.7 Å². The predicted molar refractivity (Wildman–Crippen MR) is 276 cm³/mol. The Bertz CT molecular complexity index is 3540. The number of hydrogen-bond acceptors (Lipinski definition) is 4. The van der Waals surface area contributed by atoms with Crippen molar-refractivity contribution in [3.05, 3.63) is 180 Å². The largest absolute Gasteiger partial charge is 0.192 e. The summed E-state index contributed by atoms with van der Waals surface area (Å²) in [6.07, 6.45) is 0. The molecule has 0 spiro atoms. The first kappa shape index (κ1) is 39.7. The van der Waals surface area contributed by atoms with Gasteiger partial charge >= 0.3 is 0 Å². The molecule has 11 rings (SSSR count). The lowest BCUT2D eigenvalue weighted by molar-refractivity contribution is 0.593. The smallest absolute Gasteiger partial charge is 0.0991 e. The maximum absolute atomic E-state index is 9.54. The van der Waals surface area contributed by atoms with Gasteiger partial charge < -0.3 is 0 Å². The highest BCUT2D eigenvalue weighted by Gasteiger charge is 2.28. The summed E-state index contributed by atoms with van der Waals surface area (Å²) in [5.41, 5.74) is 13.4. The van der Waals surface area contributed by atoms with Crippen molar-refractivity contribution in [3.8, 4) is 56.6 Å². The molecule has 0 saturated heterocycles. The molecule has 0 fully saturated rings. The first-order valence-corrected chi connectivity index (χ1v) is 23.5. The molecule has 0 radical (unpaired) electrons. The summed E-state index contributed by atoms with van der Waals surface area (Å²) in [6.45, 7) is 14.1. The molecule has 2 nitrogen and oxygen atoms in total. The Balaban J connectivity index is 0.971. The molecule has 0 N–H and O–H groups in total. The minimum atomic E-state index is -0.109. The van der Waals surface area contributed by atoms with E-state index in [2.05, 4.69) is 187 Å². The molecule has 0 unspecified atom stereocenters. The molecule has 9 aromatic carbocycles. The van der Waals surface area contributed by atoms with Gasteiger partial charge in [-0.2, -0.15) is 10.5 Å². The first-order valence-electron chi connectivity index (χ1n) is 21.8. The van der Waals surface area contributed by atoms with E-state index in [0.29, 0.717) is 11.1 Å². The van der Waals surface area contributed by atoms with E-state index in [4.69, 9.17) is 0 Å². The van der Waals surface area contributed by atoms with E-state index in [-0.39, 0.29) is 10.8 Å². The summed E-state index contributed by atoms with van der Waals surface area (Å²) >= 11 is 3.55. The van der Waals surface area contributed by atoms with Crippen molar-refractivity contribution in [1.82, 2.24) is 0 Å². The first-order chi connectivity index (χ1) is 30.8. The lowest BCUT2D eigenvalue weighted by Gasteiger charge is -2.31. The highest BCUT2D eigenvalue weighted by molar-refractivity contribution is 7.26. The molecule has 0 aliphatic heterocycles. The summed E-state index contributed by atoms with van der Waals surface area (Å²) in [4.78, 5) is 0. The lowest BCUT2D eigenvalue weighted by atomic mass is 9.73. The van der Waals surface area contributed by atoms with Crippen LogP contribution in [0.2, 0.25) is 0 Å². The van der Waals surface area contributed by atoms with Gasteiger partial charge in [-0.1, -0.05) is 126 Å². The third kappa shape index (κ3) is 6.65. The Hall–Kier alpha value is -7.08. The molecular formula is C60H44N2S2. The normalized spacial score (nSPS) is 12.2. The second kappa shape index (κ2) is 14.8. The van der Waals surface area contributed by atoms with Crippen LogP contribution in [0.3, 0.4) is 0 Å². The molecule has 0 amide bonds. The van der Waals surface area contributed by atoms with E-state index < -0.39 is 0 Å². The van der Waals surface area contributed by atoms with Crippen LogP contribution in [0.4, 0.5) is 0 Å². The van der Waals surface area contributed by atoms with Gasteiger partial charge in [0.2, 0.25) is 0 Å². The van der Waals surface area contributed by atoms with Gasteiger partial charge in [-0.25, -0.2) is 0 Å². The standard InChI is InChI=1S/C60H44N2S2/c1-59(2,3)57-45-21-17-42(38-11-15-40(16-12-38)44-20-26-56-50(30-44)48-28-36(34-62)8-24-54(48)64-56)32-52(45)58(60(4,5)6)46-22-18-41(31-51(46)57)37-9-13-39(14-10-37)43-19-25-55-49(29-43)47-27-35(33-61)7-23-53(47)63-55/h7-32H,1-6H3. The molecule has 0 aliphatic carbocycles. The lowest BCUT2D eigenvalue weighted by Crippen LogP contribution is -2.17. The van der Waals surface area contributed by atoms with Crippen LogP contribution in [-0.4, -0.2) is 0 Å². The van der Waals surface area contributed by atoms with Crippen LogP contribution in [-0.2, 0) is 10.8 Å². The fourth-order valence-electron chi connectivity index (χ4n) is 9.97. The molecular weight excluding hydrogens is 813 g/mol. The van der Waals surface area contributed by atoms with Crippen LogP contribution in [0.15, 0.2) is 158 Å². The average molecular weight is 857 g/mol. The van der Waals surface area contributed by atoms with Crippen LogP contribution in [0.5, 0.6) is 0 Å². The summed E-state index contributed by atoms with van der Waals surface area (Å²) in [5.74, 6) is 0. The van der Waals surface area contributed by atoms with E-state index in [0.717, 1.165) is 10.8 Å². The topological polar surface area (TPSA) is 47.6 Å². The van der Waals surface area contributed by atoms with Crippen LogP contribution in [0.1, 0.15) is 63.8 Å². The fraction of sp³-hybridized carbons (Fsp3) is 0.133. The third-order valence-electron chi connectivity index (χ3n) is 12.9. The minimum Gasteiger partial charge on any atom is -0.192 e. The SMILES string of the molecule is CC(C)(C)c1c2ccc(-c3ccc(-c4ccc5sc6ccc(C#N)cc6c5c4)cc3)cc2c(C(C)(C)C)c2ccc(-c3ccc(-c4ccc5sc6ccc(C#N)cc6c5c4)cc3)cc12. The maximum Gasteiger partial charge on any atom is 0.0991 e. The number of fused-ring (bicyclic) bond motifs is 8. The fourth-order valence-corrected chi connectivity index (χ4v) is 12.1. The molecule has 0 atom stereocenters. The number of benzene rings is 9. The summed E-state index contributed by atoms with van der Waals surface area (Å²) in [6, 6.07) is 62.2. The Labute approximate surface area is 381 Å². The molecule has 0 saturated carbocycles. The van der Waals surface area contributed by atoms with Crippen molar-refractivity contribution < 1.29 is 0 Å². The Morgan fingerprint density at radius 3 is 0.875 bits per heavy atom. The van der Waals surface area contributed by atoms with Gasteiger partial charge in [-0.05, 0) is 161 Å². The zero-order valence-corrected chi connectivity index (χ0v) is 38.4. The average Bonchev–Trinajstić information content (AvgIpc) is 3.86. The van der Waals surface area contributed by atoms with E-state index in [1.807, 2.05) is 24.3 Å². The van der Waals surface area contributed by atoms with Crippen molar-refractivity contribution in [2.24, 2.45) is 0 Å². The van der Waals surface area contributed by atoms with Gasteiger partial charge in [-0.3, -0.25) is 0 Å². The molecule has 2 aromatic heterocycles. The Kier molecular flexibility index (Phi) is 9.16. The van der Waals surface area contributed by atoms with Crippen molar-refractivity contribution in [3.63, 3.8) is 0 Å². The van der Waals surface area contributed by atoms with Crippen molar-refractivity contribution in [2.75, 3.05) is 0 Å². The van der Waals surface area contributed by atoms with Gasteiger partial charge in [-0.15, -0.1) is 22.7 Å². The van der Waals surface area contributed by atoms with Crippen LogP contribution < -0.4 is 0 Å². The number of hydrogen-bond donors (Lipinski definition) is 0. The van der Waals surface area contributed by atoms with E-state index in [1.165, 1.54) is 107 Å². The second-order valence-corrected chi connectivity index (χ2v) is 21.4. The number of thiophene rings is 2. The molecule has 0 bridgehead atoms. The molecule has 0 aliphatic rings. The highest BCUT2D eigenvalue weighted by atomic mass is 32.1. The van der Waals surface area contributed by atoms with Crippen molar-refractivity contribution >= 4 is 84.6 Å². The van der Waals surface area contributed by atoms with Gasteiger partial charge in [0.1, 0.15) is 0 Å². The van der Waals surface area contributed by atoms with Crippen molar-refractivity contribution in [1.29, 1.82) is 10.5 Å². The Morgan fingerprint density at radius 1 is 0.297 bits per heavy atom. The zero-order chi connectivity index (χ0) is 44.1. The second-order valence-electron chi connectivity index (χ2n) is 19.2. The van der Waals surface area contributed by atoms with Crippen LogP contribution >= 0.6 is 22.7 Å². The minimum absolute atomic E-state index is 0.109. The molecule has 2 heterocycles. The summed E-state index contributed by atoms with van der Waals surface area (Å²) in [5, 5.41) is 29.0. The number of rotatable bonds is 4. The van der Waals surface area contributed by atoms with E-state index >= 15 is 0 Å². The third-order valence-corrected chi connectivity index (χ3v) is 15.2. The zero-order valence-electron chi connectivity index (χ0n) is 36.7. The van der Waals surface area contributed by atoms with E-state index in [9.17, 15) is 10.5 Å². The number of nitrogens with zero attached hydrogens (tertiary/aromatic N) is 2. The van der Waals surface area contributed by atoms with Gasteiger partial charge in [0, 0.05) is 40.3 Å². The van der Waals surface area contributed by atoms with Crippen LogP contribution in [0, 0.1) is 22.7 Å². The predicted octanol–water partition coefficient (Wildman–Crippen LogP) is 17.7. The quantitative estimate of drug-likeness (QED) is 0.166. The maximum atomic E-state index is 9.54. The van der Waals surface area contributed by atoms with Gasteiger partial charge in [0.15, 0.2) is 0 Å². The monoisotopic (exact) mass is 856 g/mol. The highest BCUT2D eigenvalue weighted by Crippen LogP contribution is 2.46. The molecule has 64 heavy (non-hydrogen) atoms. The molecule has 4 heteroatoms. The van der Waals surface area contributed by atoms with Crippen LogP contribution in [0.25, 0.3) is 106 Å². The summed E-state index contributed by atoms with van der Waals surface area (Å²) < 4.78 is 4.88. The van der Waals surface area contributed by atoms with Gasteiger partial charge in [0.25, 0.3) is 0 Å². The molecule has 11 aromatic rings. The summed E-state index contributed by atoms with van der Waals surface area (Å²) in [7, 11) is 0. The Morgan fingerprint density at radius 2 is 0.562 bits per heavy atom. The van der Waals surface area contributed by atoms with Gasteiger partial charge in [0.05, 0.1) is 23.3 Å². The van der Waals surface area contributed by atoms with Crippen molar-refractivity contribution in [2.45, 2.75) is 52.4 Å².